The lowest BCUT2D eigenvalue weighted by Gasteiger charge is -2.06. The molecule has 94 valence electrons. The Kier molecular flexibility index (Phi) is 3.96. The van der Waals surface area contributed by atoms with Crippen LogP contribution in [0, 0.1) is 0 Å². The summed E-state index contributed by atoms with van der Waals surface area (Å²) in [6.45, 7) is -0.135. The van der Waals surface area contributed by atoms with Crippen LogP contribution in [0.5, 0.6) is 0 Å². The van der Waals surface area contributed by atoms with E-state index < -0.39 is 10.1 Å². The standard InChI is InChI=1S/C12H10ClNO3S/c13-12-10(5-4-8-14-12)9-17-18(15,16)11-6-2-1-3-7-11/h1-8H,9H2. The highest BCUT2D eigenvalue weighted by molar-refractivity contribution is 7.86. The Hall–Kier alpha value is -1.43. The highest BCUT2D eigenvalue weighted by Crippen LogP contribution is 2.17. The molecule has 0 aliphatic rings. The molecule has 0 N–H and O–H groups in total. The predicted molar refractivity (Wildman–Crippen MR) is 67.7 cm³/mol. The summed E-state index contributed by atoms with van der Waals surface area (Å²) >= 11 is 5.81. The van der Waals surface area contributed by atoms with E-state index in [1.54, 1.807) is 30.3 Å². The third kappa shape index (κ3) is 3.07. The van der Waals surface area contributed by atoms with Crippen LogP contribution in [0.3, 0.4) is 0 Å². The van der Waals surface area contributed by atoms with Gasteiger partial charge in [-0.1, -0.05) is 35.9 Å². The molecule has 0 aliphatic heterocycles. The average molecular weight is 284 g/mol. The first kappa shape index (κ1) is 13.0. The van der Waals surface area contributed by atoms with Crippen molar-refractivity contribution in [1.82, 2.24) is 4.98 Å². The second kappa shape index (κ2) is 5.48. The van der Waals surface area contributed by atoms with E-state index in [-0.39, 0.29) is 16.7 Å². The molecule has 0 unspecified atom stereocenters. The number of hydrogen-bond donors (Lipinski definition) is 0. The van der Waals surface area contributed by atoms with Gasteiger partial charge in [0.05, 0.1) is 11.5 Å². The third-order valence-corrected chi connectivity index (χ3v) is 3.86. The molecule has 1 heterocycles. The van der Waals surface area contributed by atoms with Crippen LogP contribution in [0.15, 0.2) is 53.6 Å². The van der Waals surface area contributed by atoms with Crippen molar-refractivity contribution in [3.63, 3.8) is 0 Å². The number of aromatic nitrogens is 1. The number of benzene rings is 1. The van der Waals surface area contributed by atoms with Crippen molar-refractivity contribution in [1.29, 1.82) is 0 Å². The third-order valence-electron chi connectivity index (χ3n) is 2.24. The lowest BCUT2D eigenvalue weighted by molar-refractivity contribution is 0.307. The van der Waals surface area contributed by atoms with Crippen LogP contribution in [-0.4, -0.2) is 13.4 Å². The molecule has 0 radical (unpaired) electrons. The zero-order valence-corrected chi connectivity index (χ0v) is 10.9. The van der Waals surface area contributed by atoms with Gasteiger partial charge in [0.2, 0.25) is 0 Å². The Morgan fingerprint density at radius 3 is 2.50 bits per heavy atom. The molecule has 0 aliphatic carbocycles. The number of halogens is 1. The fraction of sp³-hybridized carbons (Fsp3) is 0.0833. The van der Waals surface area contributed by atoms with Crippen LogP contribution in [0.25, 0.3) is 0 Å². The van der Waals surface area contributed by atoms with Crippen LogP contribution in [-0.2, 0) is 20.9 Å². The van der Waals surface area contributed by atoms with Crippen molar-refractivity contribution >= 4 is 21.7 Å². The molecule has 18 heavy (non-hydrogen) atoms. The van der Waals surface area contributed by atoms with Crippen LogP contribution >= 0.6 is 11.6 Å². The maximum absolute atomic E-state index is 11.8. The number of pyridine rings is 1. The number of nitrogens with zero attached hydrogens (tertiary/aromatic N) is 1. The van der Waals surface area contributed by atoms with Gasteiger partial charge < -0.3 is 0 Å². The van der Waals surface area contributed by atoms with Crippen molar-refractivity contribution in [2.45, 2.75) is 11.5 Å². The molecule has 1 aromatic carbocycles. The van der Waals surface area contributed by atoms with Gasteiger partial charge in [-0.15, -0.1) is 0 Å². The molecule has 0 spiro atoms. The number of rotatable bonds is 4. The Bertz CT molecular complexity index is 629. The van der Waals surface area contributed by atoms with E-state index in [1.165, 1.54) is 18.3 Å². The van der Waals surface area contributed by atoms with Gasteiger partial charge in [-0.2, -0.15) is 8.42 Å². The highest BCUT2D eigenvalue weighted by Gasteiger charge is 2.15. The Morgan fingerprint density at radius 2 is 1.83 bits per heavy atom. The predicted octanol–water partition coefficient (Wildman–Crippen LogP) is 2.64. The Morgan fingerprint density at radius 1 is 1.11 bits per heavy atom. The maximum Gasteiger partial charge on any atom is 0.297 e. The fourth-order valence-electron chi connectivity index (χ4n) is 1.32. The van der Waals surface area contributed by atoms with Crippen LogP contribution < -0.4 is 0 Å². The molecular formula is C12H10ClNO3S. The van der Waals surface area contributed by atoms with Gasteiger partial charge in [0.1, 0.15) is 5.15 Å². The van der Waals surface area contributed by atoms with E-state index in [1.807, 2.05) is 0 Å². The van der Waals surface area contributed by atoms with Gasteiger partial charge in [0, 0.05) is 11.8 Å². The van der Waals surface area contributed by atoms with E-state index in [9.17, 15) is 8.42 Å². The zero-order valence-electron chi connectivity index (χ0n) is 9.28. The van der Waals surface area contributed by atoms with Crippen LogP contribution in [0.1, 0.15) is 5.56 Å². The summed E-state index contributed by atoms with van der Waals surface area (Å²) < 4.78 is 28.6. The summed E-state index contributed by atoms with van der Waals surface area (Å²) in [5.74, 6) is 0. The SMILES string of the molecule is O=S(=O)(OCc1cccnc1Cl)c1ccccc1. The molecule has 6 heteroatoms. The van der Waals surface area contributed by atoms with Crippen molar-refractivity contribution in [3.05, 3.63) is 59.4 Å². The largest absolute Gasteiger partial charge is 0.297 e. The van der Waals surface area contributed by atoms with E-state index in [0.29, 0.717) is 5.56 Å². The molecular weight excluding hydrogens is 274 g/mol. The van der Waals surface area contributed by atoms with Gasteiger partial charge in [-0.05, 0) is 18.2 Å². The highest BCUT2D eigenvalue weighted by atomic mass is 35.5. The van der Waals surface area contributed by atoms with E-state index in [2.05, 4.69) is 4.98 Å². The first-order valence-electron chi connectivity index (χ1n) is 5.13. The first-order valence-corrected chi connectivity index (χ1v) is 6.92. The second-order valence-electron chi connectivity index (χ2n) is 3.48. The molecule has 0 fully saturated rings. The first-order chi connectivity index (χ1) is 8.59. The quantitative estimate of drug-likeness (QED) is 0.639. The summed E-state index contributed by atoms with van der Waals surface area (Å²) in [5.41, 5.74) is 0.527. The van der Waals surface area contributed by atoms with Gasteiger partial charge in [-0.25, -0.2) is 4.98 Å². The summed E-state index contributed by atoms with van der Waals surface area (Å²) in [5, 5.41) is 0.237. The molecule has 2 aromatic rings. The minimum atomic E-state index is -3.76. The van der Waals surface area contributed by atoms with Gasteiger partial charge in [0.25, 0.3) is 10.1 Å². The molecule has 0 saturated carbocycles. The van der Waals surface area contributed by atoms with Gasteiger partial charge in [-0.3, -0.25) is 4.18 Å². The van der Waals surface area contributed by atoms with Crippen molar-refractivity contribution < 1.29 is 12.6 Å². The average Bonchev–Trinajstić information content (AvgIpc) is 2.39. The second-order valence-corrected chi connectivity index (χ2v) is 5.46. The minimum absolute atomic E-state index is 0.116. The van der Waals surface area contributed by atoms with Crippen LogP contribution in [0.2, 0.25) is 5.15 Å². The van der Waals surface area contributed by atoms with Crippen molar-refractivity contribution in [2.24, 2.45) is 0 Å². The molecule has 0 atom stereocenters. The minimum Gasteiger partial charge on any atom is -0.261 e. The van der Waals surface area contributed by atoms with Crippen molar-refractivity contribution in [3.8, 4) is 0 Å². The summed E-state index contributed by atoms with van der Waals surface area (Å²) in [7, 11) is -3.76. The molecule has 0 amide bonds. The lowest BCUT2D eigenvalue weighted by atomic mass is 10.3. The molecule has 4 nitrogen and oxygen atoms in total. The fourth-order valence-corrected chi connectivity index (χ4v) is 2.41. The number of hydrogen-bond acceptors (Lipinski definition) is 4. The zero-order chi connectivity index (χ0) is 13.0. The Labute approximate surface area is 110 Å². The van der Waals surface area contributed by atoms with E-state index in [4.69, 9.17) is 15.8 Å². The molecule has 2 rings (SSSR count). The molecule has 1 aromatic heterocycles. The summed E-state index contributed by atoms with van der Waals surface area (Å²) in [4.78, 5) is 3.96. The van der Waals surface area contributed by atoms with Crippen LogP contribution in [0.4, 0.5) is 0 Å². The summed E-state index contributed by atoms with van der Waals surface area (Å²) in [6.07, 6.45) is 1.53. The molecule has 0 bridgehead atoms. The smallest absolute Gasteiger partial charge is 0.261 e. The topological polar surface area (TPSA) is 56.3 Å². The normalized spacial score (nSPS) is 11.4. The maximum atomic E-state index is 11.8. The van der Waals surface area contributed by atoms with E-state index >= 15 is 0 Å². The Balaban J connectivity index is 2.14. The van der Waals surface area contributed by atoms with E-state index in [0.717, 1.165) is 0 Å². The lowest BCUT2D eigenvalue weighted by Crippen LogP contribution is -2.06. The molecule has 0 saturated heterocycles. The van der Waals surface area contributed by atoms with Gasteiger partial charge in [0.15, 0.2) is 0 Å². The van der Waals surface area contributed by atoms with Gasteiger partial charge >= 0.3 is 0 Å². The summed E-state index contributed by atoms with van der Waals surface area (Å²) in [6, 6.07) is 11.3. The van der Waals surface area contributed by atoms with Crippen molar-refractivity contribution in [2.75, 3.05) is 0 Å². The monoisotopic (exact) mass is 283 g/mol.